The first-order valence-electron chi connectivity index (χ1n) is 6.30. The number of carbonyl (C=O) groups excluding carboxylic acids is 1. The average molecular weight is 394 g/mol. The number of carbonyl (C=O) groups is 1. The molecule has 21 heavy (non-hydrogen) atoms. The Hall–Kier alpha value is -1.96. The largest absolute Gasteiger partial charge is 0.453 e. The molecule has 0 saturated heterocycles. The quantitative estimate of drug-likeness (QED) is 0.506. The van der Waals surface area contributed by atoms with E-state index in [1.54, 1.807) is 19.1 Å². The van der Waals surface area contributed by atoms with Gasteiger partial charge in [0.15, 0.2) is 5.76 Å². The van der Waals surface area contributed by atoms with Crippen molar-refractivity contribution in [1.82, 2.24) is 9.55 Å². The van der Waals surface area contributed by atoms with Gasteiger partial charge < -0.3 is 4.42 Å². The van der Waals surface area contributed by atoms with Crippen LogP contribution in [0.3, 0.4) is 0 Å². The molecule has 1 aromatic carbocycles. The highest BCUT2D eigenvalue weighted by Gasteiger charge is 2.15. The third-order valence-electron chi connectivity index (χ3n) is 3.21. The van der Waals surface area contributed by atoms with Crippen LogP contribution < -0.4 is 5.56 Å². The topological polar surface area (TPSA) is 65.1 Å². The number of nitrogens with zero attached hydrogens (tertiary/aromatic N) is 2. The predicted octanol–water partition coefficient (Wildman–Crippen LogP) is 2.79. The maximum absolute atomic E-state index is 12.3. The Labute approximate surface area is 133 Å². The van der Waals surface area contributed by atoms with Crippen molar-refractivity contribution in [1.29, 1.82) is 0 Å². The Morgan fingerprint density at radius 1 is 1.38 bits per heavy atom. The molecule has 0 amide bonds. The lowest BCUT2D eigenvalue weighted by molar-refractivity contribution is 0.0944. The first-order valence-corrected chi connectivity index (χ1v) is 7.38. The molecule has 0 bridgehead atoms. The molecule has 0 N–H and O–H groups in total. The van der Waals surface area contributed by atoms with Gasteiger partial charge in [0.05, 0.1) is 10.1 Å². The molecule has 0 radical (unpaired) electrons. The summed E-state index contributed by atoms with van der Waals surface area (Å²) in [6.45, 7) is 1.62. The molecule has 0 aliphatic heterocycles. The minimum absolute atomic E-state index is 0.0751. The highest BCUT2D eigenvalue weighted by atomic mass is 127. The van der Waals surface area contributed by atoms with Gasteiger partial charge in [0, 0.05) is 11.6 Å². The SMILES string of the molecule is Cc1ncc(I)c(=O)n1CC(=O)c1cc2ccccc2o1. The van der Waals surface area contributed by atoms with E-state index in [0.717, 1.165) is 5.39 Å². The Kier molecular flexibility index (Phi) is 3.62. The Bertz CT molecular complexity index is 862. The fourth-order valence-electron chi connectivity index (χ4n) is 2.08. The molecular weight excluding hydrogens is 383 g/mol. The number of Topliss-reactive ketones (excluding diaryl/α,β-unsaturated/α-hetero) is 1. The molecule has 0 fully saturated rings. The van der Waals surface area contributed by atoms with Crippen LogP contribution in [0, 0.1) is 10.5 Å². The third kappa shape index (κ3) is 2.63. The number of rotatable bonds is 3. The van der Waals surface area contributed by atoms with Crippen molar-refractivity contribution in [2.45, 2.75) is 13.5 Å². The van der Waals surface area contributed by atoms with E-state index < -0.39 is 0 Å². The van der Waals surface area contributed by atoms with Crippen LogP contribution in [-0.4, -0.2) is 15.3 Å². The lowest BCUT2D eigenvalue weighted by Gasteiger charge is -2.07. The summed E-state index contributed by atoms with van der Waals surface area (Å²) in [5.41, 5.74) is 0.443. The van der Waals surface area contributed by atoms with Gasteiger partial charge in [-0.25, -0.2) is 4.98 Å². The fourth-order valence-corrected chi connectivity index (χ4v) is 2.51. The standard InChI is InChI=1S/C15H11IN2O3/c1-9-17-7-11(16)15(20)18(9)8-12(19)14-6-10-4-2-3-5-13(10)21-14/h2-7H,8H2,1H3. The van der Waals surface area contributed by atoms with E-state index in [0.29, 0.717) is 15.0 Å². The summed E-state index contributed by atoms with van der Waals surface area (Å²) in [7, 11) is 0. The van der Waals surface area contributed by atoms with Crippen LogP contribution in [0.2, 0.25) is 0 Å². The van der Waals surface area contributed by atoms with Crippen molar-refractivity contribution in [2.24, 2.45) is 0 Å². The molecule has 3 aromatic rings. The number of hydrogen-bond acceptors (Lipinski definition) is 4. The fraction of sp³-hybridized carbons (Fsp3) is 0.133. The van der Waals surface area contributed by atoms with Gasteiger partial charge in [0.2, 0.25) is 5.78 Å². The van der Waals surface area contributed by atoms with E-state index in [1.807, 2.05) is 40.8 Å². The number of furan rings is 1. The summed E-state index contributed by atoms with van der Waals surface area (Å²) < 4.78 is 7.37. The molecule has 106 valence electrons. The van der Waals surface area contributed by atoms with Crippen molar-refractivity contribution in [3.05, 3.63) is 62.0 Å². The molecule has 0 atom stereocenters. The number of halogens is 1. The van der Waals surface area contributed by atoms with E-state index in [1.165, 1.54) is 10.8 Å². The van der Waals surface area contributed by atoms with Crippen LogP contribution in [0.15, 0.2) is 45.7 Å². The monoisotopic (exact) mass is 394 g/mol. The van der Waals surface area contributed by atoms with Crippen molar-refractivity contribution in [3.63, 3.8) is 0 Å². The van der Waals surface area contributed by atoms with Gasteiger partial charge >= 0.3 is 0 Å². The first kappa shape index (κ1) is 14.0. The molecule has 0 spiro atoms. The molecule has 2 aromatic heterocycles. The summed E-state index contributed by atoms with van der Waals surface area (Å²) in [6.07, 6.45) is 1.50. The molecule has 6 heteroatoms. The molecule has 0 aliphatic rings. The third-order valence-corrected chi connectivity index (χ3v) is 3.95. The average Bonchev–Trinajstić information content (AvgIpc) is 2.91. The Morgan fingerprint density at radius 3 is 2.90 bits per heavy atom. The molecule has 3 rings (SSSR count). The van der Waals surface area contributed by atoms with Gasteiger partial charge in [-0.05, 0) is 41.6 Å². The summed E-state index contributed by atoms with van der Waals surface area (Å²) >= 11 is 1.91. The number of ketones is 1. The van der Waals surface area contributed by atoms with Crippen LogP contribution in [0.4, 0.5) is 0 Å². The van der Waals surface area contributed by atoms with Gasteiger partial charge in [-0.15, -0.1) is 0 Å². The predicted molar refractivity (Wildman–Crippen MR) is 86.5 cm³/mol. The van der Waals surface area contributed by atoms with E-state index in [4.69, 9.17) is 4.42 Å². The number of aryl methyl sites for hydroxylation is 1. The zero-order chi connectivity index (χ0) is 15.0. The van der Waals surface area contributed by atoms with Crippen molar-refractivity contribution in [3.8, 4) is 0 Å². The van der Waals surface area contributed by atoms with Gasteiger partial charge in [0.25, 0.3) is 5.56 Å². The van der Waals surface area contributed by atoms with Gasteiger partial charge in [0.1, 0.15) is 11.4 Å². The van der Waals surface area contributed by atoms with Gasteiger partial charge in [-0.1, -0.05) is 18.2 Å². The summed E-state index contributed by atoms with van der Waals surface area (Å²) in [5.74, 6) is 0.506. The lowest BCUT2D eigenvalue weighted by Crippen LogP contribution is -2.28. The molecule has 2 heterocycles. The zero-order valence-corrected chi connectivity index (χ0v) is 13.3. The van der Waals surface area contributed by atoms with Crippen LogP contribution in [0.25, 0.3) is 11.0 Å². The maximum atomic E-state index is 12.3. The van der Waals surface area contributed by atoms with E-state index in [-0.39, 0.29) is 23.6 Å². The number of fused-ring (bicyclic) bond motifs is 1. The minimum Gasteiger partial charge on any atom is -0.453 e. The van der Waals surface area contributed by atoms with Crippen molar-refractivity contribution >= 4 is 39.3 Å². The summed E-state index contributed by atoms with van der Waals surface area (Å²) in [5, 5.41) is 0.866. The first-order chi connectivity index (χ1) is 10.1. The molecule has 5 nitrogen and oxygen atoms in total. The van der Waals surface area contributed by atoms with Crippen LogP contribution in [0.5, 0.6) is 0 Å². The van der Waals surface area contributed by atoms with E-state index in [9.17, 15) is 9.59 Å². The van der Waals surface area contributed by atoms with Crippen LogP contribution in [0.1, 0.15) is 16.4 Å². The molecule has 0 saturated carbocycles. The lowest BCUT2D eigenvalue weighted by atomic mass is 10.2. The van der Waals surface area contributed by atoms with E-state index >= 15 is 0 Å². The maximum Gasteiger partial charge on any atom is 0.267 e. The minimum atomic E-state index is -0.250. The number of hydrogen-bond donors (Lipinski definition) is 0. The Balaban J connectivity index is 1.97. The van der Waals surface area contributed by atoms with Crippen molar-refractivity contribution in [2.75, 3.05) is 0 Å². The number of aromatic nitrogens is 2. The zero-order valence-electron chi connectivity index (χ0n) is 11.2. The normalized spacial score (nSPS) is 11.0. The van der Waals surface area contributed by atoms with E-state index in [2.05, 4.69) is 4.98 Å². The number of para-hydroxylation sites is 1. The smallest absolute Gasteiger partial charge is 0.267 e. The summed E-state index contributed by atoms with van der Waals surface area (Å²) in [4.78, 5) is 28.5. The van der Waals surface area contributed by atoms with Crippen molar-refractivity contribution < 1.29 is 9.21 Å². The second-order valence-electron chi connectivity index (χ2n) is 4.62. The molecule has 0 unspecified atom stereocenters. The van der Waals surface area contributed by atoms with Gasteiger partial charge in [-0.3, -0.25) is 14.2 Å². The Morgan fingerprint density at radius 2 is 2.14 bits per heavy atom. The van der Waals surface area contributed by atoms with Crippen LogP contribution >= 0.6 is 22.6 Å². The van der Waals surface area contributed by atoms with Gasteiger partial charge in [-0.2, -0.15) is 0 Å². The highest BCUT2D eigenvalue weighted by Crippen LogP contribution is 2.19. The van der Waals surface area contributed by atoms with Crippen LogP contribution in [-0.2, 0) is 6.54 Å². The molecular formula is C15H11IN2O3. The second-order valence-corrected chi connectivity index (χ2v) is 5.78. The highest BCUT2D eigenvalue weighted by molar-refractivity contribution is 14.1. The molecule has 0 aliphatic carbocycles. The summed E-state index contributed by atoms with van der Waals surface area (Å²) in [6, 6.07) is 9.10. The second kappa shape index (κ2) is 5.44. The number of benzene rings is 1.